The maximum absolute atomic E-state index is 12.5. The number of sulfonamides is 1. The zero-order valence-electron chi connectivity index (χ0n) is 13.4. The molecule has 0 unspecified atom stereocenters. The summed E-state index contributed by atoms with van der Waals surface area (Å²) in [5, 5.41) is 11.2. The van der Waals surface area contributed by atoms with Gasteiger partial charge in [0.15, 0.2) is 0 Å². The third-order valence-electron chi connectivity index (χ3n) is 3.51. The van der Waals surface area contributed by atoms with Crippen LogP contribution in [-0.4, -0.2) is 13.3 Å². The fourth-order valence-electron chi connectivity index (χ4n) is 2.20. The molecule has 1 N–H and O–H groups in total. The van der Waals surface area contributed by atoms with Crippen molar-refractivity contribution < 1.29 is 13.3 Å². The second kappa shape index (κ2) is 6.90. The number of benzene rings is 2. The second-order valence-electron chi connectivity index (χ2n) is 5.72. The summed E-state index contributed by atoms with van der Waals surface area (Å²) in [5.41, 5.74) is 1.64. The molecule has 0 bridgehead atoms. The molecule has 0 fully saturated rings. The molecule has 2 rings (SSSR count). The molecule has 0 radical (unpaired) electrons. The summed E-state index contributed by atoms with van der Waals surface area (Å²) in [5.74, 6) is -0.124. The zero-order chi connectivity index (χ0) is 18.1. The Kier molecular flexibility index (Phi) is 5.29. The molecule has 0 saturated heterocycles. The van der Waals surface area contributed by atoms with Crippen molar-refractivity contribution in [3.05, 3.63) is 62.1 Å². The monoisotopic (exact) mass is 412 g/mol. The van der Waals surface area contributed by atoms with Crippen molar-refractivity contribution in [1.82, 2.24) is 0 Å². The lowest BCUT2D eigenvalue weighted by Gasteiger charge is -2.14. The van der Waals surface area contributed by atoms with E-state index in [9.17, 15) is 18.5 Å². The van der Waals surface area contributed by atoms with Gasteiger partial charge in [0.2, 0.25) is 0 Å². The molecule has 0 atom stereocenters. The minimum Gasteiger partial charge on any atom is -0.278 e. The van der Waals surface area contributed by atoms with Crippen molar-refractivity contribution in [1.29, 1.82) is 0 Å². The van der Waals surface area contributed by atoms with Crippen LogP contribution in [0.5, 0.6) is 0 Å². The van der Waals surface area contributed by atoms with Gasteiger partial charge < -0.3 is 0 Å². The molecule has 0 aliphatic carbocycles. The highest BCUT2D eigenvalue weighted by atomic mass is 79.9. The summed E-state index contributed by atoms with van der Waals surface area (Å²) >= 11 is 3.20. The summed E-state index contributed by atoms with van der Waals surface area (Å²) in [6, 6.07) is 9.26. The molecular weight excluding hydrogens is 396 g/mol. The van der Waals surface area contributed by atoms with E-state index >= 15 is 0 Å². The molecule has 2 aromatic rings. The van der Waals surface area contributed by atoms with E-state index in [0.29, 0.717) is 10.0 Å². The van der Waals surface area contributed by atoms with Gasteiger partial charge in [-0.3, -0.25) is 14.8 Å². The summed E-state index contributed by atoms with van der Waals surface area (Å²) in [6.45, 7) is 5.49. The Labute approximate surface area is 149 Å². The molecule has 6 nitrogen and oxygen atoms in total. The first-order valence-corrected chi connectivity index (χ1v) is 9.46. The number of rotatable bonds is 5. The maximum Gasteiger partial charge on any atom is 0.274 e. The average Bonchev–Trinajstić information content (AvgIpc) is 2.48. The first-order valence-electron chi connectivity index (χ1n) is 7.19. The van der Waals surface area contributed by atoms with Gasteiger partial charge in [0, 0.05) is 16.1 Å². The van der Waals surface area contributed by atoms with Gasteiger partial charge in [0.1, 0.15) is 0 Å². The first kappa shape index (κ1) is 18.4. The van der Waals surface area contributed by atoms with Crippen molar-refractivity contribution >= 4 is 37.3 Å². The van der Waals surface area contributed by atoms with Gasteiger partial charge in [0.25, 0.3) is 15.7 Å². The molecule has 24 heavy (non-hydrogen) atoms. The van der Waals surface area contributed by atoms with Crippen LogP contribution in [0.3, 0.4) is 0 Å². The fraction of sp³-hybridized carbons (Fsp3) is 0.250. The molecule has 0 amide bonds. The number of nitrogens with zero attached hydrogens (tertiary/aromatic N) is 1. The van der Waals surface area contributed by atoms with Gasteiger partial charge >= 0.3 is 0 Å². The minimum absolute atomic E-state index is 0.0461. The molecule has 0 aromatic heterocycles. The highest BCUT2D eigenvalue weighted by Gasteiger charge is 2.22. The number of hydrogen-bond acceptors (Lipinski definition) is 4. The Hall–Kier alpha value is -1.93. The molecular formula is C16H17BrN2O4S. The Morgan fingerprint density at radius 2 is 1.75 bits per heavy atom. The predicted molar refractivity (Wildman–Crippen MR) is 96.9 cm³/mol. The smallest absolute Gasteiger partial charge is 0.274 e. The summed E-state index contributed by atoms with van der Waals surface area (Å²) in [4.78, 5) is 10.8. The van der Waals surface area contributed by atoms with Crippen molar-refractivity contribution in [2.45, 2.75) is 31.6 Å². The van der Waals surface area contributed by atoms with E-state index in [1.54, 1.807) is 12.1 Å². The first-order chi connectivity index (χ1) is 11.1. The summed E-state index contributed by atoms with van der Waals surface area (Å²) in [6.07, 6.45) is 0. The van der Waals surface area contributed by atoms with Crippen LogP contribution in [-0.2, 0) is 10.0 Å². The maximum atomic E-state index is 12.5. The Balaban J connectivity index is 2.47. The van der Waals surface area contributed by atoms with Crippen LogP contribution in [0.4, 0.5) is 11.4 Å². The van der Waals surface area contributed by atoms with Gasteiger partial charge in [-0.15, -0.1) is 0 Å². The molecule has 8 heteroatoms. The highest BCUT2D eigenvalue weighted by Crippen LogP contribution is 2.36. The van der Waals surface area contributed by atoms with Gasteiger partial charge in [-0.25, -0.2) is 8.42 Å². The lowest BCUT2D eigenvalue weighted by atomic mass is 10.0. The lowest BCUT2D eigenvalue weighted by molar-refractivity contribution is -0.385. The predicted octanol–water partition coefficient (Wildman–Crippen LogP) is 4.59. The van der Waals surface area contributed by atoms with Gasteiger partial charge in [-0.05, 0) is 47.0 Å². The van der Waals surface area contributed by atoms with Crippen molar-refractivity contribution in [3.63, 3.8) is 0 Å². The molecule has 0 spiro atoms. The van der Waals surface area contributed by atoms with Crippen LogP contribution in [0, 0.1) is 17.0 Å². The molecule has 0 heterocycles. The summed E-state index contributed by atoms with van der Waals surface area (Å²) in [7, 11) is -3.78. The Morgan fingerprint density at radius 1 is 1.17 bits per heavy atom. The minimum atomic E-state index is -3.78. The highest BCUT2D eigenvalue weighted by molar-refractivity contribution is 9.10. The van der Waals surface area contributed by atoms with Crippen LogP contribution >= 0.6 is 15.9 Å². The van der Waals surface area contributed by atoms with E-state index in [4.69, 9.17) is 0 Å². The fourth-order valence-corrected chi connectivity index (χ4v) is 3.83. The van der Waals surface area contributed by atoms with Crippen LogP contribution in [0.15, 0.2) is 45.8 Å². The lowest BCUT2D eigenvalue weighted by Crippen LogP contribution is -2.14. The van der Waals surface area contributed by atoms with Crippen LogP contribution in [0.2, 0.25) is 0 Å². The molecule has 2 aromatic carbocycles. The van der Waals surface area contributed by atoms with Crippen LogP contribution in [0.1, 0.15) is 30.9 Å². The average molecular weight is 413 g/mol. The SMILES string of the molecule is Cc1ccc(S(=O)(=O)Nc2cc(C(C)C)c([N+](=O)[O-])cc2Br)cc1. The molecule has 128 valence electrons. The van der Waals surface area contributed by atoms with Crippen LogP contribution < -0.4 is 4.72 Å². The van der Waals surface area contributed by atoms with E-state index in [1.165, 1.54) is 24.3 Å². The van der Waals surface area contributed by atoms with Gasteiger partial charge in [-0.1, -0.05) is 31.5 Å². The summed E-state index contributed by atoms with van der Waals surface area (Å²) < 4.78 is 27.8. The quantitative estimate of drug-likeness (QED) is 0.574. The molecule has 0 saturated carbocycles. The van der Waals surface area contributed by atoms with E-state index in [2.05, 4.69) is 20.7 Å². The second-order valence-corrected chi connectivity index (χ2v) is 8.26. The normalized spacial score (nSPS) is 11.5. The van der Waals surface area contributed by atoms with E-state index in [-0.39, 0.29) is 22.2 Å². The molecule has 0 aliphatic heterocycles. The van der Waals surface area contributed by atoms with Crippen LogP contribution in [0.25, 0.3) is 0 Å². The number of aryl methyl sites for hydroxylation is 1. The Bertz CT molecular complexity index is 878. The number of nitro benzene ring substituents is 1. The standard InChI is InChI=1S/C16H17BrN2O4S/c1-10(2)13-8-15(14(17)9-16(13)19(20)21)18-24(22,23)12-6-4-11(3)5-7-12/h4-10,18H,1-3H3. The number of hydrogen-bond donors (Lipinski definition) is 1. The molecule has 0 aliphatic rings. The van der Waals surface area contributed by atoms with Crippen molar-refractivity contribution in [3.8, 4) is 0 Å². The third-order valence-corrected chi connectivity index (χ3v) is 5.55. The zero-order valence-corrected chi connectivity index (χ0v) is 15.8. The number of halogens is 1. The van der Waals surface area contributed by atoms with Crippen molar-refractivity contribution in [2.75, 3.05) is 4.72 Å². The van der Waals surface area contributed by atoms with E-state index < -0.39 is 14.9 Å². The third kappa shape index (κ3) is 3.93. The topological polar surface area (TPSA) is 89.3 Å². The largest absolute Gasteiger partial charge is 0.278 e. The van der Waals surface area contributed by atoms with E-state index in [1.807, 2.05) is 20.8 Å². The van der Waals surface area contributed by atoms with Gasteiger partial charge in [-0.2, -0.15) is 0 Å². The Morgan fingerprint density at radius 3 is 2.25 bits per heavy atom. The number of anilines is 1. The number of nitrogens with one attached hydrogen (secondary N) is 1. The number of nitro groups is 1. The van der Waals surface area contributed by atoms with Gasteiger partial charge in [0.05, 0.1) is 15.5 Å². The van der Waals surface area contributed by atoms with Crippen molar-refractivity contribution in [2.24, 2.45) is 0 Å². The van der Waals surface area contributed by atoms with E-state index in [0.717, 1.165) is 5.56 Å².